The van der Waals surface area contributed by atoms with Gasteiger partial charge in [-0.05, 0) is 36.8 Å². The molecule has 2 aromatic heterocycles. The minimum atomic E-state index is -0.101. The van der Waals surface area contributed by atoms with Gasteiger partial charge in [0.05, 0.1) is 6.26 Å². The Hall–Kier alpha value is -1.93. The molecule has 2 aliphatic rings. The van der Waals surface area contributed by atoms with Crippen molar-refractivity contribution < 1.29 is 13.9 Å². The van der Waals surface area contributed by atoms with E-state index in [4.69, 9.17) is 9.15 Å². The van der Waals surface area contributed by atoms with E-state index in [1.807, 2.05) is 11.0 Å². The number of ether oxygens (including phenoxy) is 1. The van der Waals surface area contributed by atoms with E-state index in [0.717, 1.165) is 45.6 Å². The van der Waals surface area contributed by atoms with Gasteiger partial charge in [0.25, 0.3) is 0 Å². The maximum absolute atomic E-state index is 12.4. The fourth-order valence-corrected chi connectivity index (χ4v) is 3.97. The van der Waals surface area contributed by atoms with Crippen molar-refractivity contribution in [1.29, 1.82) is 0 Å². The van der Waals surface area contributed by atoms with Gasteiger partial charge in [0.15, 0.2) is 10.8 Å². The van der Waals surface area contributed by atoms with Gasteiger partial charge in [-0.25, -0.2) is 4.79 Å². The lowest BCUT2D eigenvalue weighted by Gasteiger charge is -2.33. The Morgan fingerprint density at radius 1 is 1.30 bits per heavy atom. The second kappa shape index (κ2) is 5.93. The fourth-order valence-electron chi connectivity index (χ4n) is 3.27. The van der Waals surface area contributed by atoms with Crippen molar-refractivity contribution in [3.63, 3.8) is 0 Å². The number of likely N-dealkylation sites (tertiary alicyclic amines) is 1. The highest BCUT2D eigenvalue weighted by atomic mass is 32.1. The van der Waals surface area contributed by atoms with Gasteiger partial charge in [-0.2, -0.15) is 0 Å². The molecule has 4 heterocycles. The van der Waals surface area contributed by atoms with Crippen LogP contribution in [-0.4, -0.2) is 47.4 Å². The third-order valence-electron chi connectivity index (χ3n) is 4.65. The zero-order valence-electron chi connectivity index (χ0n) is 12.7. The highest BCUT2D eigenvalue weighted by molar-refractivity contribution is 7.18. The lowest BCUT2D eigenvalue weighted by Crippen LogP contribution is -2.37. The van der Waals surface area contributed by atoms with E-state index >= 15 is 0 Å². The Bertz CT molecular complexity index is 679. The number of carbonyl (C=O) groups is 1. The molecule has 2 saturated heterocycles. The molecule has 0 aliphatic carbocycles. The Kier molecular flexibility index (Phi) is 3.78. The highest BCUT2D eigenvalue weighted by Crippen LogP contribution is 2.39. The summed E-state index contributed by atoms with van der Waals surface area (Å²) in [4.78, 5) is 14.3. The van der Waals surface area contributed by atoms with Crippen LogP contribution in [0.25, 0.3) is 10.8 Å². The van der Waals surface area contributed by atoms with Crippen LogP contribution in [0.5, 0.6) is 0 Å². The van der Waals surface area contributed by atoms with Crippen molar-refractivity contribution in [1.82, 2.24) is 15.1 Å². The first kappa shape index (κ1) is 14.6. The normalized spacial score (nSPS) is 20.1. The van der Waals surface area contributed by atoms with Gasteiger partial charge in [0.1, 0.15) is 0 Å². The summed E-state index contributed by atoms with van der Waals surface area (Å²) in [5.74, 6) is 0.658. The summed E-state index contributed by atoms with van der Waals surface area (Å²) in [6.45, 7) is 3.19. The number of rotatable bonds is 2. The van der Waals surface area contributed by atoms with Crippen LogP contribution < -0.4 is 5.32 Å². The third kappa shape index (κ3) is 2.96. The first-order valence-corrected chi connectivity index (χ1v) is 8.57. The van der Waals surface area contributed by atoms with E-state index in [9.17, 15) is 4.79 Å². The smallest absolute Gasteiger partial charge is 0.323 e. The first-order chi connectivity index (χ1) is 11.2. The van der Waals surface area contributed by atoms with Crippen molar-refractivity contribution >= 4 is 22.5 Å². The van der Waals surface area contributed by atoms with Crippen LogP contribution in [0.1, 0.15) is 19.3 Å². The SMILES string of the molecule is O=C(Nc1nnc(-c2ccco2)s1)N1CCC2(CCOCC2)C1. The molecule has 4 rings (SSSR count). The van der Waals surface area contributed by atoms with Gasteiger partial charge < -0.3 is 14.1 Å². The van der Waals surface area contributed by atoms with Crippen LogP contribution in [0.4, 0.5) is 9.93 Å². The molecule has 2 aliphatic heterocycles. The van der Waals surface area contributed by atoms with Crippen molar-refractivity contribution in [2.24, 2.45) is 5.41 Å². The summed E-state index contributed by atoms with van der Waals surface area (Å²) < 4.78 is 10.7. The molecule has 2 fully saturated rings. The molecule has 1 spiro atoms. The van der Waals surface area contributed by atoms with E-state index in [0.29, 0.717) is 15.9 Å². The van der Waals surface area contributed by atoms with Gasteiger partial charge in [-0.3, -0.25) is 5.32 Å². The number of nitrogens with one attached hydrogen (secondary N) is 1. The minimum absolute atomic E-state index is 0.101. The first-order valence-electron chi connectivity index (χ1n) is 7.75. The topological polar surface area (TPSA) is 80.5 Å². The molecule has 0 atom stereocenters. The second-order valence-electron chi connectivity index (χ2n) is 6.10. The number of urea groups is 1. The molecule has 0 radical (unpaired) electrons. The summed E-state index contributed by atoms with van der Waals surface area (Å²) in [5, 5.41) is 12.1. The monoisotopic (exact) mass is 334 g/mol. The lowest BCUT2D eigenvalue weighted by atomic mass is 9.80. The molecular weight excluding hydrogens is 316 g/mol. The lowest BCUT2D eigenvalue weighted by molar-refractivity contribution is 0.0211. The van der Waals surface area contributed by atoms with E-state index in [1.54, 1.807) is 12.3 Å². The molecule has 0 unspecified atom stereocenters. The average molecular weight is 334 g/mol. The average Bonchev–Trinajstić information content (AvgIpc) is 3.28. The number of aromatic nitrogens is 2. The maximum atomic E-state index is 12.4. The Morgan fingerprint density at radius 3 is 2.96 bits per heavy atom. The second-order valence-corrected chi connectivity index (χ2v) is 7.08. The quantitative estimate of drug-likeness (QED) is 0.913. The van der Waals surface area contributed by atoms with Gasteiger partial charge >= 0.3 is 6.03 Å². The van der Waals surface area contributed by atoms with E-state index in [2.05, 4.69) is 15.5 Å². The van der Waals surface area contributed by atoms with Gasteiger partial charge in [-0.15, -0.1) is 10.2 Å². The molecule has 2 amide bonds. The Labute approximate surface area is 137 Å². The number of anilines is 1. The molecule has 1 N–H and O–H groups in total. The number of amides is 2. The van der Waals surface area contributed by atoms with Crippen molar-refractivity contribution in [3.8, 4) is 10.8 Å². The van der Waals surface area contributed by atoms with Crippen molar-refractivity contribution in [3.05, 3.63) is 18.4 Å². The number of hydrogen-bond acceptors (Lipinski definition) is 6. The summed E-state index contributed by atoms with van der Waals surface area (Å²) in [5.41, 5.74) is 0.246. The van der Waals surface area contributed by atoms with Crippen LogP contribution in [0.3, 0.4) is 0 Å². The van der Waals surface area contributed by atoms with Crippen LogP contribution in [-0.2, 0) is 4.74 Å². The molecule has 23 heavy (non-hydrogen) atoms. The molecule has 0 saturated carbocycles. The third-order valence-corrected chi connectivity index (χ3v) is 5.50. The van der Waals surface area contributed by atoms with E-state index in [-0.39, 0.29) is 11.4 Å². The molecule has 7 nitrogen and oxygen atoms in total. The van der Waals surface area contributed by atoms with Crippen LogP contribution in [0.15, 0.2) is 22.8 Å². The summed E-state index contributed by atoms with van der Waals surface area (Å²) in [7, 11) is 0. The van der Waals surface area contributed by atoms with Crippen LogP contribution >= 0.6 is 11.3 Å². The number of nitrogens with zero attached hydrogens (tertiary/aromatic N) is 3. The van der Waals surface area contributed by atoms with E-state index in [1.165, 1.54) is 11.3 Å². The largest absolute Gasteiger partial charge is 0.462 e. The summed E-state index contributed by atoms with van der Waals surface area (Å²) in [6.07, 6.45) is 4.72. The molecule has 122 valence electrons. The van der Waals surface area contributed by atoms with Crippen LogP contribution in [0, 0.1) is 5.41 Å². The minimum Gasteiger partial charge on any atom is -0.462 e. The Balaban J connectivity index is 1.39. The predicted octanol–water partition coefficient (Wildman–Crippen LogP) is 2.83. The predicted molar refractivity (Wildman–Crippen MR) is 85.3 cm³/mol. The zero-order chi connectivity index (χ0) is 15.7. The standard InChI is InChI=1S/C15H18N4O3S/c20-14(19-6-3-15(10-19)4-8-21-9-5-15)16-13-18-17-12(23-13)11-2-1-7-22-11/h1-2,7H,3-6,8-10H2,(H,16,18,20). The molecular formula is C15H18N4O3S. The zero-order valence-corrected chi connectivity index (χ0v) is 13.5. The van der Waals surface area contributed by atoms with Crippen molar-refractivity contribution in [2.45, 2.75) is 19.3 Å². The van der Waals surface area contributed by atoms with Crippen LogP contribution in [0.2, 0.25) is 0 Å². The van der Waals surface area contributed by atoms with Gasteiger partial charge in [0.2, 0.25) is 5.13 Å². The van der Waals surface area contributed by atoms with Crippen molar-refractivity contribution in [2.75, 3.05) is 31.6 Å². The molecule has 2 aromatic rings. The number of furan rings is 1. The summed E-state index contributed by atoms with van der Waals surface area (Å²) >= 11 is 1.31. The fraction of sp³-hybridized carbons (Fsp3) is 0.533. The summed E-state index contributed by atoms with van der Waals surface area (Å²) in [6, 6.07) is 3.52. The number of carbonyl (C=O) groups excluding carboxylic acids is 1. The molecule has 0 aromatic carbocycles. The highest BCUT2D eigenvalue weighted by Gasteiger charge is 2.41. The van der Waals surface area contributed by atoms with E-state index < -0.39 is 0 Å². The molecule has 0 bridgehead atoms. The van der Waals surface area contributed by atoms with Gasteiger partial charge in [-0.1, -0.05) is 11.3 Å². The van der Waals surface area contributed by atoms with Gasteiger partial charge in [0, 0.05) is 26.3 Å². The Morgan fingerprint density at radius 2 is 2.17 bits per heavy atom. The molecule has 8 heteroatoms. The maximum Gasteiger partial charge on any atom is 0.323 e. The number of hydrogen-bond donors (Lipinski definition) is 1.